The molecule has 0 aliphatic carbocycles. The van der Waals surface area contributed by atoms with Gasteiger partial charge in [-0.25, -0.2) is 4.68 Å². The Balaban J connectivity index is 2.42. The Morgan fingerprint density at radius 2 is 2.31 bits per heavy atom. The summed E-state index contributed by atoms with van der Waals surface area (Å²) in [6, 6.07) is 0.150. The van der Waals surface area contributed by atoms with E-state index in [4.69, 9.17) is 0 Å². The van der Waals surface area contributed by atoms with Crippen LogP contribution in [-0.2, 0) is 17.9 Å². The molecule has 0 bridgehead atoms. The zero-order valence-corrected chi connectivity index (χ0v) is 10.0. The van der Waals surface area contributed by atoms with Crippen molar-refractivity contribution >= 4 is 5.91 Å². The molecule has 90 valence electrons. The van der Waals surface area contributed by atoms with E-state index < -0.39 is 0 Å². The quantitative estimate of drug-likeness (QED) is 0.710. The Bertz CT molecular complexity index is 334. The van der Waals surface area contributed by atoms with Crippen molar-refractivity contribution in [1.29, 1.82) is 0 Å². The predicted molar refractivity (Wildman–Crippen MR) is 60.7 cm³/mol. The topological polar surface area (TPSA) is 71.8 Å². The number of aromatic nitrogens is 3. The van der Waals surface area contributed by atoms with Crippen LogP contribution in [0.15, 0.2) is 6.20 Å². The largest absolute Gasteiger partial charge is 0.352 e. The van der Waals surface area contributed by atoms with Crippen molar-refractivity contribution in [3.8, 4) is 0 Å². The van der Waals surface area contributed by atoms with Crippen LogP contribution >= 0.6 is 0 Å². The van der Waals surface area contributed by atoms with Crippen molar-refractivity contribution in [3.05, 3.63) is 11.9 Å². The van der Waals surface area contributed by atoms with Crippen LogP contribution in [0.4, 0.5) is 0 Å². The lowest BCUT2D eigenvalue weighted by Crippen LogP contribution is -2.33. The lowest BCUT2D eigenvalue weighted by Gasteiger charge is -2.07. The molecule has 0 unspecified atom stereocenters. The van der Waals surface area contributed by atoms with Gasteiger partial charge in [-0.1, -0.05) is 12.1 Å². The van der Waals surface area contributed by atoms with E-state index in [0.717, 1.165) is 12.2 Å². The summed E-state index contributed by atoms with van der Waals surface area (Å²) < 4.78 is 1.55. The van der Waals surface area contributed by atoms with E-state index in [1.807, 2.05) is 20.8 Å². The van der Waals surface area contributed by atoms with Gasteiger partial charge in [-0.05, 0) is 20.4 Å². The zero-order valence-electron chi connectivity index (χ0n) is 10.0. The first-order valence-corrected chi connectivity index (χ1v) is 5.51. The molecule has 0 atom stereocenters. The molecule has 0 fully saturated rings. The van der Waals surface area contributed by atoms with Gasteiger partial charge < -0.3 is 10.6 Å². The highest BCUT2D eigenvalue weighted by Gasteiger charge is 2.06. The number of nitrogens with zero attached hydrogens (tertiary/aromatic N) is 3. The number of hydrogen-bond donors (Lipinski definition) is 2. The van der Waals surface area contributed by atoms with Crippen LogP contribution in [-0.4, -0.2) is 33.5 Å². The molecule has 0 radical (unpaired) electrons. The van der Waals surface area contributed by atoms with Crippen molar-refractivity contribution in [2.45, 2.75) is 39.9 Å². The van der Waals surface area contributed by atoms with E-state index in [2.05, 4.69) is 20.9 Å². The number of nitrogens with one attached hydrogen (secondary N) is 2. The molecule has 0 aromatic carbocycles. The third-order valence-electron chi connectivity index (χ3n) is 1.90. The van der Waals surface area contributed by atoms with Crippen molar-refractivity contribution in [2.24, 2.45) is 0 Å². The Labute approximate surface area is 95.4 Å². The molecule has 0 saturated carbocycles. The molecule has 16 heavy (non-hydrogen) atoms. The maximum absolute atomic E-state index is 11.4. The summed E-state index contributed by atoms with van der Waals surface area (Å²) in [6.07, 6.45) is 1.78. The number of carbonyl (C=O) groups is 1. The summed E-state index contributed by atoms with van der Waals surface area (Å²) in [7, 11) is 0. The van der Waals surface area contributed by atoms with Crippen molar-refractivity contribution in [3.63, 3.8) is 0 Å². The second kappa shape index (κ2) is 6.22. The molecule has 2 N–H and O–H groups in total. The van der Waals surface area contributed by atoms with E-state index in [0.29, 0.717) is 6.54 Å². The van der Waals surface area contributed by atoms with Gasteiger partial charge in [-0.2, -0.15) is 0 Å². The van der Waals surface area contributed by atoms with Gasteiger partial charge in [0.1, 0.15) is 6.54 Å². The van der Waals surface area contributed by atoms with E-state index in [1.54, 1.807) is 10.9 Å². The Hall–Kier alpha value is -1.43. The molecule has 1 aromatic rings. The maximum Gasteiger partial charge on any atom is 0.241 e. The van der Waals surface area contributed by atoms with Crippen LogP contribution in [0.2, 0.25) is 0 Å². The molecule has 0 spiro atoms. The third kappa shape index (κ3) is 4.39. The highest BCUT2D eigenvalue weighted by atomic mass is 16.2. The summed E-state index contributed by atoms with van der Waals surface area (Å²) in [4.78, 5) is 11.4. The highest BCUT2D eigenvalue weighted by molar-refractivity contribution is 5.75. The maximum atomic E-state index is 11.4. The van der Waals surface area contributed by atoms with Crippen LogP contribution in [0.3, 0.4) is 0 Å². The average Bonchev–Trinajstić information content (AvgIpc) is 2.61. The highest BCUT2D eigenvalue weighted by Crippen LogP contribution is 1.92. The number of hydrogen-bond acceptors (Lipinski definition) is 4. The van der Waals surface area contributed by atoms with Crippen LogP contribution in [0, 0.1) is 0 Å². The molecule has 0 aliphatic rings. The van der Waals surface area contributed by atoms with Gasteiger partial charge in [0, 0.05) is 12.6 Å². The fraction of sp³-hybridized carbons (Fsp3) is 0.700. The Kier molecular flexibility index (Phi) is 4.91. The minimum absolute atomic E-state index is 0.0464. The molecular formula is C10H19N5O. The second-order valence-electron chi connectivity index (χ2n) is 3.91. The van der Waals surface area contributed by atoms with Gasteiger partial charge in [-0.3, -0.25) is 4.79 Å². The normalized spacial score (nSPS) is 10.8. The lowest BCUT2D eigenvalue weighted by atomic mass is 10.4. The minimum atomic E-state index is -0.0464. The average molecular weight is 225 g/mol. The molecule has 6 heteroatoms. The van der Waals surface area contributed by atoms with E-state index in [9.17, 15) is 4.79 Å². The van der Waals surface area contributed by atoms with Crippen LogP contribution in [0.5, 0.6) is 0 Å². The van der Waals surface area contributed by atoms with Crippen molar-refractivity contribution < 1.29 is 4.79 Å². The van der Waals surface area contributed by atoms with Crippen LogP contribution < -0.4 is 10.6 Å². The van der Waals surface area contributed by atoms with Gasteiger partial charge in [-0.15, -0.1) is 5.10 Å². The van der Waals surface area contributed by atoms with E-state index in [-0.39, 0.29) is 18.5 Å². The van der Waals surface area contributed by atoms with Crippen LogP contribution in [0.1, 0.15) is 26.5 Å². The summed E-state index contributed by atoms with van der Waals surface area (Å²) in [5.74, 6) is -0.0464. The molecular weight excluding hydrogens is 206 g/mol. The number of amides is 1. The summed E-state index contributed by atoms with van der Waals surface area (Å²) in [6.45, 7) is 7.67. The van der Waals surface area contributed by atoms with Gasteiger partial charge in [0.15, 0.2) is 0 Å². The molecule has 1 amide bonds. The third-order valence-corrected chi connectivity index (χ3v) is 1.90. The first kappa shape index (κ1) is 12.6. The first-order chi connectivity index (χ1) is 7.61. The second-order valence-corrected chi connectivity index (χ2v) is 3.91. The molecule has 0 saturated heterocycles. The van der Waals surface area contributed by atoms with Crippen molar-refractivity contribution in [2.75, 3.05) is 6.54 Å². The standard InChI is InChI=1S/C10H19N5O/c1-4-11-5-9-6-15(14-13-9)7-10(16)12-8(2)3/h6,8,11H,4-5,7H2,1-3H3,(H,12,16). The summed E-state index contributed by atoms with van der Waals surface area (Å²) in [5, 5.41) is 13.8. The monoisotopic (exact) mass is 225 g/mol. The summed E-state index contributed by atoms with van der Waals surface area (Å²) >= 11 is 0. The number of carbonyl (C=O) groups excluding carboxylic acids is 1. The molecule has 0 aliphatic heterocycles. The lowest BCUT2D eigenvalue weighted by molar-refractivity contribution is -0.122. The minimum Gasteiger partial charge on any atom is -0.352 e. The smallest absolute Gasteiger partial charge is 0.241 e. The molecule has 1 rings (SSSR count). The fourth-order valence-electron chi connectivity index (χ4n) is 1.26. The predicted octanol–water partition coefficient (Wildman–Crippen LogP) is -0.0878. The van der Waals surface area contributed by atoms with Gasteiger partial charge in [0.25, 0.3) is 0 Å². The van der Waals surface area contributed by atoms with Crippen molar-refractivity contribution in [1.82, 2.24) is 25.6 Å². The fourth-order valence-corrected chi connectivity index (χ4v) is 1.26. The molecule has 6 nitrogen and oxygen atoms in total. The van der Waals surface area contributed by atoms with Gasteiger partial charge in [0.2, 0.25) is 5.91 Å². The zero-order chi connectivity index (χ0) is 12.0. The molecule has 1 heterocycles. The first-order valence-electron chi connectivity index (χ1n) is 5.51. The Morgan fingerprint density at radius 3 is 2.94 bits per heavy atom. The van der Waals surface area contributed by atoms with Crippen LogP contribution in [0.25, 0.3) is 0 Å². The Morgan fingerprint density at radius 1 is 1.56 bits per heavy atom. The van der Waals surface area contributed by atoms with E-state index in [1.165, 1.54) is 0 Å². The SMILES string of the molecule is CCNCc1cn(CC(=O)NC(C)C)nn1. The van der Waals surface area contributed by atoms with Gasteiger partial charge in [0.05, 0.1) is 11.9 Å². The summed E-state index contributed by atoms with van der Waals surface area (Å²) in [5.41, 5.74) is 0.846. The van der Waals surface area contributed by atoms with Gasteiger partial charge >= 0.3 is 0 Å². The molecule has 1 aromatic heterocycles. The van der Waals surface area contributed by atoms with E-state index >= 15 is 0 Å². The number of rotatable bonds is 6.